The van der Waals surface area contributed by atoms with Gasteiger partial charge in [-0.1, -0.05) is 85.6 Å². The average Bonchev–Trinajstić information content (AvgIpc) is 3.32. The van der Waals surface area contributed by atoms with Crippen molar-refractivity contribution in [3.05, 3.63) is 108 Å². The molecule has 0 aliphatic heterocycles. The number of carbonyl (C=O) groups excluding carboxylic acids is 1. The lowest BCUT2D eigenvalue weighted by molar-refractivity contribution is 0.0919. The summed E-state index contributed by atoms with van der Waals surface area (Å²) in [7, 11) is 0. The van der Waals surface area contributed by atoms with Crippen molar-refractivity contribution in [2.45, 2.75) is 54.5 Å². The maximum absolute atomic E-state index is 13.7. The predicted octanol–water partition coefficient (Wildman–Crippen LogP) is 7.34. The van der Waals surface area contributed by atoms with Crippen molar-refractivity contribution >= 4 is 45.2 Å². The van der Waals surface area contributed by atoms with Crippen LogP contribution in [0, 0.1) is 5.41 Å². The van der Waals surface area contributed by atoms with E-state index in [1.165, 1.54) is 16.7 Å². The summed E-state index contributed by atoms with van der Waals surface area (Å²) in [5.74, 6) is -0.0221. The molecule has 1 aliphatic rings. The number of benzene rings is 4. The van der Waals surface area contributed by atoms with Crippen LogP contribution >= 0.6 is 11.8 Å². The van der Waals surface area contributed by atoms with Crippen molar-refractivity contribution in [3.8, 4) is 0 Å². The highest BCUT2D eigenvalue weighted by molar-refractivity contribution is 7.99. The fourth-order valence-corrected chi connectivity index (χ4v) is 6.58. The number of nitrogens with zero attached hydrogens (tertiary/aromatic N) is 1. The molecule has 0 unspecified atom stereocenters. The van der Waals surface area contributed by atoms with Crippen LogP contribution < -0.4 is 11.1 Å². The zero-order chi connectivity index (χ0) is 26.8. The number of amidine groups is 1. The molecule has 1 aliphatic carbocycles. The molecule has 0 radical (unpaired) electrons. The molecular weight excluding hydrogens is 500 g/mol. The van der Waals surface area contributed by atoms with Crippen molar-refractivity contribution in [1.82, 2.24) is 9.88 Å². The Kier molecular flexibility index (Phi) is 7.12. The highest BCUT2D eigenvalue weighted by atomic mass is 32.2. The number of nitrogens with one attached hydrogen (secondary N) is 2. The average molecular weight is 533 g/mol. The van der Waals surface area contributed by atoms with Gasteiger partial charge in [-0.2, -0.15) is 0 Å². The van der Waals surface area contributed by atoms with Gasteiger partial charge in [-0.15, -0.1) is 0 Å². The second kappa shape index (κ2) is 11.0. The fraction of sp³-hybridized carbons (Fsp3) is 0.212. The largest absolute Gasteiger partial charge is 0.384 e. The Bertz CT molecular complexity index is 1670. The van der Waals surface area contributed by atoms with Gasteiger partial charge in [0.05, 0.1) is 0 Å². The third-order valence-electron chi connectivity index (χ3n) is 7.62. The van der Waals surface area contributed by atoms with Crippen molar-refractivity contribution < 1.29 is 4.79 Å². The minimum atomic E-state index is -0.0402. The smallest absolute Gasteiger partial charge is 0.268 e. The van der Waals surface area contributed by atoms with E-state index in [4.69, 9.17) is 11.1 Å². The molecule has 4 aromatic carbocycles. The lowest BCUT2D eigenvalue weighted by atomic mass is 9.95. The van der Waals surface area contributed by atoms with Gasteiger partial charge in [0.2, 0.25) is 0 Å². The first-order chi connectivity index (χ1) is 19.0. The van der Waals surface area contributed by atoms with Crippen LogP contribution in [-0.4, -0.2) is 22.4 Å². The molecule has 1 aromatic heterocycles. The number of aromatic nitrogens is 1. The molecular formula is C33H32N4OS. The Labute approximate surface area is 232 Å². The molecule has 0 spiro atoms. The molecule has 1 fully saturated rings. The van der Waals surface area contributed by atoms with E-state index in [1.807, 2.05) is 30.3 Å². The molecule has 5 aromatic rings. The quantitative estimate of drug-likeness (QED) is 0.151. The third kappa shape index (κ3) is 5.43. The summed E-state index contributed by atoms with van der Waals surface area (Å²) >= 11 is 1.74. The highest BCUT2D eigenvalue weighted by Crippen LogP contribution is 2.33. The van der Waals surface area contributed by atoms with Gasteiger partial charge in [-0.3, -0.25) is 10.2 Å². The van der Waals surface area contributed by atoms with Gasteiger partial charge in [0.1, 0.15) is 11.5 Å². The number of carbonyl (C=O) groups is 1. The van der Waals surface area contributed by atoms with E-state index in [1.54, 1.807) is 11.8 Å². The van der Waals surface area contributed by atoms with Gasteiger partial charge in [0.15, 0.2) is 0 Å². The summed E-state index contributed by atoms with van der Waals surface area (Å²) < 4.78 is 2.10. The van der Waals surface area contributed by atoms with Crippen molar-refractivity contribution in [1.29, 1.82) is 5.41 Å². The molecule has 0 atom stereocenters. The number of amides is 1. The molecule has 0 saturated heterocycles. The summed E-state index contributed by atoms with van der Waals surface area (Å²) in [6.45, 7) is 0.530. The SMILES string of the molecule is N=C(N)c1ccc2cc(C(=O)NC3CCCCC3)n(Cc3cc(Sc4ccccc4)cc4ccccc34)c2c1. The second-order valence-corrected chi connectivity index (χ2v) is 11.5. The van der Waals surface area contributed by atoms with Gasteiger partial charge in [0, 0.05) is 38.8 Å². The topological polar surface area (TPSA) is 83.9 Å². The van der Waals surface area contributed by atoms with Crippen molar-refractivity contribution in [3.63, 3.8) is 0 Å². The Morgan fingerprint density at radius 1 is 0.872 bits per heavy atom. The Morgan fingerprint density at radius 2 is 1.64 bits per heavy atom. The molecule has 0 bridgehead atoms. The maximum Gasteiger partial charge on any atom is 0.268 e. The second-order valence-electron chi connectivity index (χ2n) is 10.3. The van der Waals surface area contributed by atoms with Gasteiger partial charge < -0.3 is 15.6 Å². The lowest BCUT2D eigenvalue weighted by Crippen LogP contribution is -2.37. The minimum absolute atomic E-state index is 0.0181. The lowest BCUT2D eigenvalue weighted by Gasteiger charge is -2.23. The van der Waals surface area contributed by atoms with Crippen LogP contribution in [-0.2, 0) is 6.54 Å². The zero-order valence-corrected chi connectivity index (χ0v) is 22.6. The van der Waals surface area contributed by atoms with Crippen LogP contribution in [0.5, 0.6) is 0 Å². The van der Waals surface area contributed by atoms with Crippen LogP contribution in [0.4, 0.5) is 0 Å². The van der Waals surface area contributed by atoms with E-state index in [2.05, 4.69) is 70.5 Å². The number of fused-ring (bicyclic) bond motifs is 2. The first-order valence-electron chi connectivity index (χ1n) is 13.6. The monoisotopic (exact) mass is 532 g/mol. The first-order valence-corrected chi connectivity index (χ1v) is 14.4. The number of rotatable bonds is 7. The molecule has 4 N–H and O–H groups in total. The molecule has 39 heavy (non-hydrogen) atoms. The summed E-state index contributed by atoms with van der Waals surface area (Å²) in [6, 6.07) is 31.2. The van der Waals surface area contributed by atoms with Gasteiger partial charge in [0.25, 0.3) is 5.91 Å². The van der Waals surface area contributed by atoms with Gasteiger partial charge >= 0.3 is 0 Å². The highest BCUT2D eigenvalue weighted by Gasteiger charge is 2.22. The van der Waals surface area contributed by atoms with Crippen LogP contribution in [0.3, 0.4) is 0 Å². The van der Waals surface area contributed by atoms with E-state index in [-0.39, 0.29) is 17.8 Å². The van der Waals surface area contributed by atoms with Crippen LogP contribution in [0.25, 0.3) is 21.7 Å². The fourth-order valence-electron chi connectivity index (χ4n) is 5.63. The molecule has 5 nitrogen and oxygen atoms in total. The summed E-state index contributed by atoms with van der Waals surface area (Å²) in [5, 5.41) is 14.6. The summed E-state index contributed by atoms with van der Waals surface area (Å²) in [5.41, 5.74) is 9.20. The first kappa shape index (κ1) is 25.3. The molecule has 6 heteroatoms. The number of hydrogen-bond donors (Lipinski definition) is 3. The van der Waals surface area contributed by atoms with Crippen LogP contribution in [0.15, 0.2) is 101 Å². The molecule has 1 amide bonds. The van der Waals surface area contributed by atoms with Gasteiger partial charge in [-0.05, 0) is 65.6 Å². The number of hydrogen-bond acceptors (Lipinski definition) is 3. The standard InChI is InChI=1S/C33H32N4OS/c34-32(35)24-16-15-23-19-31(33(38)36-26-10-3-1-4-11-26)37(30(23)20-24)21-25-18-28(39-27-12-5-2-6-13-27)17-22-9-7-8-14-29(22)25/h2,5-9,12-20,26H,1,3-4,10-11,21H2,(H3,34,35)(H,36,38). The normalized spacial score (nSPS) is 14.1. The summed E-state index contributed by atoms with van der Waals surface area (Å²) in [6.07, 6.45) is 5.63. The van der Waals surface area contributed by atoms with E-state index in [9.17, 15) is 4.79 Å². The molecule has 1 heterocycles. The predicted molar refractivity (Wildman–Crippen MR) is 161 cm³/mol. The van der Waals surface area contributed by atoms with Gasteiger partial charge in [-0.25, -0.2) is 0 Å². The van der Waals surface area contributed by atoms with E-state index < -0.39 is 0 Å². The van der Waals surface area contributed by atoms with E-state index >= 15 is 0 Å². The Balaban J connectivity index is 1.45. The molecule has 6 rings (SSSR count). The summed E-state index contributed by atoms with van der Waals surface area (Å²) in [4.78, 5) is 16.0. The Morgan fingerprint density at radius 3 is 2.44 bits per heavy atom. The van der Waals surface area contributed by atoms with E-state index in [0.717, 1.165) is 52.4 Å². The molecule has 1 saturated carbocycles. The van der Waals surface area contributed by atoms with Crippen molar-refractivity contribution in [2.75, 3.05) is 0 Å². The number of nitrogen functional groups attached to an aromatic ring is 1. The van der Waals surface area contributed by atoms with Crippen LogP contribution in [0.2, 0.25) is 0 Å². The Hall–Kier alpha value is -4.03. The van der Waals surface area contributed by atoms with Crippen LogP contribution in [0.1, 0.15) is 53.7 Å². The zero-order valence-electron chi connectivity index (χ0n) is 21.8. The van der Waals surface area contributed by atoms with E-state index in [0.29, 0.717) is 17.8 Å². The minimum Gasteiger partial charge on any atom is -0.384 e. The number of nitrogens with two attached hydrogens (primary N) is 1. The maximum atomic E-state index is 13.7. The molecule has 196 valence electrons. The third-order valence-corrected chi connectivity index (χ3v) is 8.60. The van der Waals surface area contributed by atoms with Crippen molar-refractivity contribution in [2.24, 2.45) is 5.73 Å².